The van der Waals surface area contributed by atoms with Crippen LogP contribution in [0.25, 0.3) is 6.08 Å². The van der Waals surface area contributed by atoms with Gasteiger partial charge in [-0.3, -0.25) is 4.79 Å². The van der Waals surface area contributed by atoms with Gasteiger partial charge in [0.25, 0.3) is 0 Å². The maximum absolute atomic E-state index is 12.4. The van der Waals surface area contributed by atoms with Crippen LogP contribution in [-0.4, -0.2) is 44.6 Å². The van der Waals surface area contributed by atoms with Crippen LogP contribution in [0.3, 0.4) is 0 Å². The molecule has 0 radical (unpaired) electrons. The molecule has 4 nitrogen and oxygen atoms in total. The summed E-state index contributed by atoms with van der Waals surface area (Å²) in [5, 5.41) is 3.20. The molecule has 128 valence electrons. The second-order valence-corrected chi connectivity index (χ2v) is 6.49. The lowest BCUT2D eigenvalue weighted by Gasteiger charge is -2.32. The van der Waals surface area contributed by atoms with E-state index in [2.05, 4.69) is 21.2 Å². The average Bonchev–Trinajstić information content (AvgIpc) is 2.53. The number of ether oxygens (including phenoxy) is 1. The third kappa shape index (κ3) is 5.83. The summed E-state index contributed by atoms with van der Waals surface area (Å²) in [7, 11) is 3.59. The van der Waals surface area contributed by atoms with E-state index in [1.807, 2.05) is 36.2 Å². The van der Waals surface area contributed by atoms with Gasteiger partial charge in [-0.25, -0.2) is 0 Å². The average molecular weight is 404 g/mol. The number of nitrogens with zero attached hydrogens (tertiary/aromatic N) is 1. The standard InChI is InChI=1S/C17H23BrN2O2.ClH/c1-19-11-13-4-3-9-20(12-13)17(21)8-5-14-10-15(18)6-7-16(14)22-2;/h5-8,10,13,19H,3-4,9,11-12H2,1-2H3;1H. The van der Waals surface area contributed by atoms with Crippen molar-refractivity contribution in [3.8, 4) is 5.75 Å². The molecule has 1 amide bonds. The minimum absolute atomic E-state index is 0. The molecule has 2 rings (SSSR count). The number of carbonyl (C=O) groups excluding carboxylic acids is 1. The molecular formula is C17H24BrClN2O2. The van der Waals surface area contributed by atoms with Gasteiger partial charge in [-0.1, -0.05) is 15.9 Å². The number of methoxy groups -OCH3 is 1. The van der Waals surface area contributed by atoms with Crippen molar-refractivity contribution in [3.05, 3.63) is 34.3 Å². The van der Waals surface area contributed by atoms with E-state index in [-0.39, 0.29) is 18.3 Å². The molecular weight excluding hydrogens is 380 g/mol. The molecule has 1 unspecified atom stereocenters. The molecule has 0 aliphatic carbocycles. The Kier molecular flexibility index (Phi) is 8.66. The van der Waals surface area contributed by atoms with Crippen molar-refractivity contribution in [1.82, 2.24) is 10.2 Å². The van der Waals surface area contributed by atoms with Crippen molar-refractivity contribution in [2.75, 3.05) is 33.8 Å². The van der Waals surface area contributed by atoms with E-state index in [1.54, 1.807) is 13.2 Å². The van der Waals surface area contributed by atoms with Gasteiger partial charge in [0, 0.05) is 29.2 Å². The van der Waals surface area contributed by atoms with Gasteiger partial charge < -0.3 is 15.0 Å². The number of hydrogen-bond donors (Lipinski definition) is 1. The van der Waals surface area contributed by atoms with Crippen LogP contribution in [-0.2, 0) is 4.79 Å². The van der Waals surface area contributed by atoms with E-state index in [4.69, 9.17) is 4.74 Å². The van der Waals surface area contributed by atoms with Gasteiger partial charge in [-0.05, 0) is 56.6 Å². The molecule has 0 spiro atoms. The Hall–Kier alpha value is -1.04. The third-order valence-electron chi connectivity index (χ3n) is 3.92. The van der Waals surface area contributed by atoms with Crippen LogP contribution < -0.4 is 10.1 Å². The molecule has 1 aliphatic rings. The fraction of sp³-hybridized carbons (Fsp3) is 0.471. The normalized spacial score (nSPS) is 17.9. The first-order chi connectivity index (χ1) is 10.6. The van der Waals surface area contributed by atoms with E-state index in [9.17, 15) is 4.79 Å². The zero-order valence-electron chi connectivity index (χ0n) is 13.5. The summed E-state index contributed by atoms with van der Waals surface area (Å²) in [6.45, 7) is 2.64. The van der Waals surface area contributed by atoms with Gasteiger partial charge in [0.2, 0.25) is 5.91 Å². The fourth-order valence-corrected chi connectivity index (χ4v) is 3.20. The Balaban J connectivity index is 0.00000264. The van der Waals surface area contributed by atoms with Gasteiger partial charge >= 0.3 is 0 Å². The molecule has 1 N–H and O–H groups in total. The molecule has 1 aromatic rings. The van der Waals surface area contributed by atoms with Crippen LogP contribution in [0.1, 0.15) is 18.4 Å². The Morgan fingerprint density at radius 2 is 2.30 bits per heavy atom. The molecule has 1 heterocycles. The lowest BCUT2D eigenvalue weighted by Crippen LogP contribution is -2.41. The predicted octanol–water partition coefficient (Wildman–Crippen LogP) is 3.35. The summed E-state index contributed by atoms with van der Waals surface area (Å²) in [6, 6.07) is 5.76. The van der Waals surface area contributed by atoms with Gasteiger partial charge in [0.15, 0.2) is 0 Å². The van der Waals surface area contributed by atoms with Crippen LogP contribution in [0.15, 0.2) is 28.7 Å². The third-order valence-corrected chi connectivity index (χ3v) is 4.41. The van der Waals surface area contributed by atoms with Crippen molar-refractivity contribution in [2.24, 2.45) is 5.92 Å². The second-order valence-electron chi connectivity index (χ2n) is 5.57. The number of benzene rings is 1. The SMILES string of the molecule is CNCC1CCCN(C(=O)C=Cc2cc(Br)ccc2OC)C1.Cl. The molecule has 1 aliphatic heterocycles. The molecule has 1 fully saturated rings. The summed E-state index contributed by atoms with van der Waals surface area (Å²) in [5.41, 5.74) is 0.897. The van der Waals surface area contributed by atoms with Gasteiger partial charge in [-0.15, -0.1) is 12.4 Å². The molecule has 0 saturated carbocycles. The Morgan fingerprint density at radius 3 is 3.00 bits per heavy atom. The number of halogens is 2. The highest BCUT2D eigenvalue weighted by atomic mass is 79.9. The summed E-state index contributed by atoms with van der Waals surface area (Å²) in [4.78, 5) is 14.3. The lowest BCUT2D eigenvalue weighted by molar-refractivity contribution is -0.127. The first kappa shape index (κ1) is 20.0. The topological polar surface area (TPSA) is 41.6 Å². The van der Waals surface area contributed by atoms with Gasteiger partial charge in [0.05, 0.1) is 7.11 Å². The van der Waals surface area contributed by atoms with Crippen LogP contribution in [0.2, 0.25) is 0 Å². The number of nitrogens with one attached hydrogen (secondary N) is 1. The minimum atomic E-state index is 0. The summed E-state index contributed by atoms with van der Waals surface area (Å²) in [5.74, 6) is 1.39. The Labute approximate surface area is 152 Å². The molecule has 0 bridgehead atoms. The Bertz CT molecular complexity index is 549. The van der Waals surface area contributed by atoms with Crippen molar-refractivity contribution in [2.45, 2.75) is 12.8 Å². The van der Waals surface area contributed by atoms with E-state index in [0.717, 1.165) is 41.8 Å². The lowest BCUT2D eigenvalue weighted by atomic mass is 9.98. The summed E-state index contributed by atoms with van der Waals surface area (Å²) < 4.78 is 6.29. The van der Waals surface area contributed by atoms with Crippen molar-refractivity contribution in [3.63, 3.8) is 0 Å². The van der Waals surface area contributed by atoms with Crippen molar-refractivity contribution >= 4 is 40.3 Å². The smallest absolute Gasteiger partial charge is 0.246 e. The molecule has 1 atom stereocenters. The maximum atomic E-state index is 12.4. The zero-order chi connectivity index (χ0) is 15.9. The molecule has 1 aromatic carbocycles. The number of amides is 1. The molecule has 23 heavy (non-hydrogen) atoms. The summed E-state index contributed by atoms with van der Waals surface area (Å²) >= 11 is 3.44. The van der Waals surface area contributed by atoms with E-state index in [0.29, 0.717) is 5.92 Å². The first-order valence-corrected chi connectivity index (χ1v) is 8.38. The van der Waals surface area contributed by atoms with E-state index >= 15 is 0 Å². The van der Waals surface area contributed by atoms with Crippen LogP contribution >= 0.6 is 28.3 Å². The fourth-order valence-electron chi connectivity index (χ4n) is 2.82. The summed E-state index contributed by atoms with van der Waals surface area (Å²) in [6.07, 6.45) is 5.74. The molecule has 6 heteroatoms. The van der Waals surface area contributed by atoms with Crippen LogP contribution in [0, 0.1) is 5.92 Å². The monoisotopic (exact) mass is 402 g/mol. The zero-order valence-corrected chi connectivity index (χ0v) is 16.0. The van der Waals surface area contributed by atoms with E-state index < -0.39 is 0 Å². The highest BCUT2D eigenvalue weighted by Gasteiger charge is 2.21. The predicted molar refractivity (Wildman–Crippen MR) is 100 cm³/mol. The Morgan fingerprint density at radius 1 is 1.52 bits per heavy atom. The molecule has 0 aromatic heterocycles. The van der Waals surface area contributed by atoms with Gasteiger partial charge in [-0.2, -0.15) is 0 Å². The van der Waals surface area contributed by atoms with Gasteiger partial charge in [0.1, 0.15) is 5.75 Å². The van der Waals surface area contributed by atoms with E-state index in [1.165, 1.54) is 6.42 Å². The number of carbonyl (C=O) groups is 1. The van der Waals surface area contributed by atoms with Crippen molar-refractivity contribution < 1.29 is 9.53 Å². The highest BCUT2D eigenvalue weighted by Crippen LogP contribution is 2.24. The number of rotatable bonds is 5. The van der Waals surface area contributed by atoms with Crippen molar-refractivity contribution in [1.29, 1.82) is 0 Å². The maximum Gasteiger partial charge on any atom is 0.246 e. The molecule has 1 saturated heterocycles. The number of likely N-dealkylation sites (tertiary alicyclic amines) is 1. The quantitative estimate of drug-likeness (QED) is 0.767. The first-order valence-electron chi connectivity index (χ1n) is 7.59. The second kappa shape index (κ2) is 9.96. The van der Waals surface area contributed by atoms with Crippen LogP contribution in [0.5, 0.6) is 5.75 Å². The number of hydrogen-bond acceptors (Lipinski definition) is 3. The minimum Gasteiger partial charge on any atom is -0.496 e. The van der Waals surface area contributed by atoms with Crippen LogP contribution in [0.4, 0.5) is 0 Å². The number of piperidine rings is 1. The largest absolute Gasteiger partial charge is 0.496 e. The highest BCUT2D eigenvalue weighted by molar-refractivity contribution is 9.10.